The molecule has 0 unspecified atom stereocenters. The normalized spacial score (nSPS) is 11.0. The minimum absolute atomic E-state index is 0.267. The Kier molecular flexibility index (Phi) is 2.93. The van der Waals surface area contributed by atoms with Crippen molar-refractivity contribution in [1.29, 1.82) is 0 Å². The number of rotatable bonds is 2. The highest BCUT2D eigenvalue weighted by Gasteiger charge is 2.13. The Balaban J connectivity index is 1.99. The molecule has 22 heavy (non-hydrogen) atoms. The van der Waals surface area contributed by atoms with Crippen molar-refractivity contribution in [3.63, 3.8) is 0 Å². The fraction of sp³-hybridized carbons (Fsp3) is 0. The number of nitrogens with zero attached hydrogens (tertiary/aromatic N) is 3. The van der Waals surface area contributed by atoms with Crippen LogP contribution in [0, 0.1) is 5.82 Å². The van der Waals surface area contributed by atoms with Crippen LogP contribution in [-0.4, -0.2) is 14.8 Å². The molecule has 0 fully saturated rings. The van der Waals surface area contributed by atoms with Crippen LogP contribution in [0.5, 0.6) is 0 Å². The summed E-state index contributed by atoms with van der Waals surface area (Å²) in [4.78, 5) is 4.43. The van der Waals surface area contributed by atoms with Gasteiger partial charge in [0.2, 0.25) is 0 Å². The van der Waals surface area contributed by atoms with Gasteiger partial charge in [-0.2, -0.15) is 5.10 Å². The third kappa shape index (κ3) is 2.05. The molecule has 4 heteroatoms. The quantitative estimate of drug-likeness (QED) is 0.553. The maximum atomic E-state index is 13.1. The number of halogens is 1. The van der Waals surface area contributed by atoms with E-state index in [1.165, 1.54) is 12.1 Å². The van der Waals surface area contributed by atoms with Gasteiger partial charge in [0.1, 0.15) is 11.5 Å². The number of hydrogen-bond donors (Lipinski definition) is 0. The summed E-state index contributed by atoms with van der Waals surface area (Å²) in [7, 11) is 0. The molecule has 0 N–H and O–H groups in total. The lowest BCUT2D eigenvalue weighted by molar-refractivity contribution is 0.627. The Morgan fingerprint density at radius 3 is 2.36 bits per heavy atom. The molecule has 2 heterocycles. The summed E-state index contributed by atoms with van der Waals surface area (Å²) in [5, 5.41) is 5.66. The minimum Gasteiger partial charge on any atom is -0.237 e. The molecule has 106 valence electrons. The molecule has 0 spiro atoms. The van der Waals surface area contributed by atoms with E-state index in [1.807, 2.05) is 42.5 Å². The Labute approximate surface area is 126 Å². The molecule has 0 amide bonds. The second-order valence-corrected chi connectivity index (χ2v) is 4.98. The van der Waals surface area contributed by atoms with E-state index in [9.17, 15) is 4.39 Å². The molecule has 0 atom stereocenters. The van der Waals surface area contributed by atoms with Gasteiger partial charge in [0.25, 0.3) is 0 Å². The molecule has 0 radical (unpaired) electrons. The minimum atomic E-state index is -0.267. The van der Waals surface area contributed by atoms with Gasteiger partial charge in [-0.05, 0) is 36.4 Å². The predicted octanol–water partition coefficient (Wildman–Crippen LogP) is 4.23. The molecule has 0 saturated heterocycles. The molecule has 3 nitrogen and oxygen atoms in total. The van der Waals surface area contributed by atoms with Crippen molar-refractivity contribution in [2.75, 3.05) is 0 Å². The molecule has 4 rings (SSSR count). The van der Waals surface area contributed by atoms with E-state index in [0.717, 1.165) is 28.0 Å². The molecule has 0 aliphatic carbocycles. The van der Waals surface area contributed by atoms with Crippen molar-refractivity contribution >= 4 is 11.0 Å². The van der Waals surface area contributed by atoms with Crippen molar-refractivity contribution in [3.05, 3.63) is 78.7 Å². The van der Waals surface area contributed by atoms with Gasteiger partial charge in [-0.15, -0.1) is 0 Å². The van der Waals surface area contributed by atoms with Crippen LogP contribution in [-0.2, 0) is 0 Å². The maximum Gasteiger partial charge on any atom is 0.163 e. The van der Waals surface area contributed by atoms with E-state index < -0.39 is 0 Å². The van der Waals surface area contributed by atoms with Crippen LogP contribution >= 0.6 is 0 Å². The zero-order valence-electron chi connectivity index (χ0n) is 11.6. The van der Waals surface area contributed by atoms with Gasteiger partial charge in [0, 0.05) is 17.1 Å². The zero-order valence-corrected chi connectivity index (χ0v) is 11.6. The van der Waals surface area contributed by atoms with E-state index in [1.54, 1.807) is 23.0 Å². The number of pyridine rings is 1. The number of hydrogen-bond acceptors (Lipinski definition) is 2. The molecule has 2 aromatic carbocycles. The first-order valence-corrected chi connectivity index (χ1v) is 6.98. The zero-order chi connectivity index (χ0) is 14.9. The second-order valence-electron chi connectivity index (χ2n) is 4.98. The first-order valence-electron chi connectivity index (χ1n) is 6.98. The first-order chi connectivity index (χ1) is 10.8. The fourth-order valence-electron chi connectivity index (χ4n) is 2.52. The predicted molar refractivity (Wildman–Crippen MR) is 84.3 cm³/mol. The third-order valence-electron chi connectivity index (χ3n) is 3.56. The second kappa shape index (κ2) is 5.07. The number of aromatic nitrogens is 3. The average Bonchev–Trinajstić information content (AvgIpc) is 2.96. The van der Waals surface area contributed by atoms with Gasteiger partial charge in [-0.25, -0.2) is 14.1 Å². The van der Waals surface area contributed by atoms with E-state index in [0.29, 0.717) is 0 Å². The van der Waals surface area contributed by atoms with Crippen molar-refractivity contribution in [3.8, 4) is 16.9 Å². The van der Waals surface area contributed by atoms with E-state index in [4.69, 9.17) is 5.10 Å². The van der Waals surface area contributed by atoms with Crippen LogP contribution in [0.25, 0.3) is 28.0 Å². The van der Waals surface area contributed by atoms with Crippen LogP contribution in [0.2, 0.25) is 0 Å². The van der Waals surface area contributed by atoms with Gasteiger partial charge in [0.05, 0.1) is 5.69 Å². The lowest BCUT2D eigenvalue weighted by Crippen LogP contribution is -1.97. The summed E-state index contributed by atoms with van der Waals surface area (Å²) in [5.74, 6) is -0.267. The Morgan fingerprint density at radius 2 is 1.59 bits per heavy atom. The van der Waals surface area contributed by atoms with Crippen molar-refractivity contribution < 1.29 is 4.39 Å². The van der Waals surface area contributed by atoms with Crippen LogP contribution in [0.3, 0.4) is 0 Å². The topological polar surface area (TPSA) is 30.7 Å². The largest absolute Gasteiger partial charge is 0.237 e. The highest BCUT2D eigenvalue weighted by Crippen LogP contribution is 2.28. The molecular weight excluding hydrogens is 277 g/mol. The summed E-state index contributed by atoms with van der Waals surface area (Å²) >= 11 is 0. The lowest BCUT2D eigenvalue weighted by atomic mass is 10.1. The number of benzene rings is 2. The lowest BCUT2D eigenvalue weighted by Gasteiger charge is -2.01. The fourth-order valence-corrected chi connectivity index (χ4v) is 2.52. The Bertz CT molecular complexity index is 928. The summed E-state index contributed by atoms with van der Waals surface area (Å²) in [6.45, 7) is 0. The summed E-state index contributed by atoms with van der Waals surface area (Å²) in [5.41, 5.74) is 3.44. The highest BCUT2D eigenvalue weighted by atomic mass is 19.1. The van der Waals surface area contributed by atoms with Crippen LogP contribution in [0.15, 0.2) is 72.9 Å². The monoisotopic (exact) mass is 289 g/mol. The van der Waals surface area contributed by atoms with Crippen molar-refractivity contribution in [2.24, 2.45) is 0 Å². The van der Waals surface area contributed by atoms with Crippen LogP contribution in [0.4, 0.5) is 4.39 Å². The summed E-state index contributed by atoms with van der Waals surface area (Å²) < 4.78 is 14.9. The number of fused-ring (bicyclic) bond motifs is 1. The Hall–Kier alpha value is -3.01. The first kappa shape index (κ1) is 12.7. The van der Waals surface area contributed by atoms with Gasteiger partial charge in [-0.3, -0.25) is 0 Å². The molecule has 0 aliphatic rings. The Morgan fingerprint density at radius 1 is 0.818 bits per heavy atom. The van der Waals surface area contributed by atoms with E-state index in [2.05, 4.69) is 4.98 Å². The van der Waals surface area contributed by atoms with E-state index >= 15 is 0 Å². The van der Waals surface area contributed by atoms with Crippen LogP contribution in [0.1, 0.15) is 0 Å². The molecule has 0 saturated carbocycles. The van der Waals surface area contributed by atoms with Crippen LogP contribution < -0.4 is 0 Å². The average molecular weight is 289 g/mol. The molecular formula is C18H12FN3. The van der Waals surface area contributed by atoms with Gasteiger partial charge in [-0.1, -0.05) is 30.3 Å². The van der Waals surface area contributed by atoms with E-state index in [-0.39, 0.29) is 5.82 Å². The van der Waals surface area contributed by atoms with Gasteiger partial charge < -0.3 is 0 Å². The van der Waals surface area contributed by atoms with Crippen molar-refractivity contribution in [2.45, 2.75) is 0 Å². The maximum absolute atomic E-state index is 13.1. The molecule has 0 aliphatic heterocycles. The molecule has 2 aromatic heterocycles. The molecule has 4 aromatic rings. The summed E-state index contributed by atoms with van der Waals surface area (Å²) in [6.07, 6.45) is 1.73. The molecule has 0 bridgehead atoms. The third-order valence-corrected chi connectivity index (χ3v) is 3.56. The van der Waals surface area contributed by atoms with Crippen molar-refractivity contribution in [1.82, 2.24) is 14.8 Å². The summed E-state index contributed by atoms with van der Waals surface area (Å²) in [6, 6.07) is 20.1. The SMILES string of the molecule is Fc1ccc(-n2nc(-c3ccccc3)c3cccnc32)cc1. The van der Waals surface area contributed by atoms with Gasteiger partial charge in [0.15, 0.2) is 5.65 Å². The highest BCUT2D eigenvalue weighted by molar-refractivity contribution is 5.91. The van der Waals surface area contributed by atoms with Gasteiger partial charge >= 0.3 is 0 Å². The smallest absolute Gasteiger partial charge is 0.163 e. The standard InChI is InChI=1S/C18H12FN3/c19-14-8-10-15(11-9-14)22-18-16(7-4-12-20-18)17(21-22)13-5-2-1-3-6-13/h1-12H.